The van der Waals surface area contributed by atoms with Crippen molar-refractivity contribution in [2.75, 3.05) is 26.0 Å². The number of hydrogen-bond donors (Lipinski definition) is 2. The van der Waals surface area contributed by atoms with Gasteiger partial charge in [-0.3, -0.25) is 4.79 Å². The summed E-state index contributed by atoms with van der Waals surface area (Å²) in [6, 6.07) is 13.8. The predicted octanol–water partition coefficient (Wildman–Crippen LogP) is 1.85. The number of nitrogens with zero attached hydrogens (tertiary/aromatic N) is 1. The van der Waals surface area contributed by atoms with Crippen molar-refractivity contribution < 1.29 is 18.5 Å². The lowest BCUT2D eigenvalue weighted by Crippen LogP contribution is -2.86. The first-order valence-electron chi connectivity index (χ1n) is 8.11. The maximum atomic E-state index is 12.2. The van der Waals surface area contributed by atoms with Crippen molar-refractivity contribution in [1.29, 1.82) is 0 Å². The summed E-state index contributed by atoms with van der Waals surface area (Å²) in [6.07, 6.45) is 0. The molecule has 0 radical (unpaired) electrons. The predicted molar refractivity (Wildman–Crippen MR) is 103 cm³/mol. The number of quaternary nitrogens is 1. The molecule has 26 heavy (non-hydrogen) atoms. The van der Waals surface area contributed by atoms with E-state index in [4.69, 9.17) is 11.6 Å². The van der Waals surface area contributed by atoms with Crippen molar-refractivity contribution in [2.24, 2.45) is 0 Å². The van der Waals surface area contributed by atoms with E-state index in [0.29, 0.717) is 10.7 Å². The third-order valence-corrected chi connectivity index (χ3v) is 5.97. The first-order valence-corrected chi connectivity index (χ1v) is 9.93. The van der Waals surface area contributed by atoms with Crippen LogP contribution >= 0.6 is 11.6 Å². The van der Waals surface area contributed by atoms with E-state index in [-0.39, 0.29) is 23.4 Å². The fraction of sp³-hybridized carbons (Fsp3) is 0.278. The Hall–Kier alpha value is -1.93. The van der Waals surface area contributed by atoms with Crippen molar-refractivity contribution in [1.82, 2.24) is 4.31 Å². The Kier molecular flexibility index (Phi) is 6.77. The van der Waals surface area contributed by atoms with Crippen LogP contribution in [0.3, 0.4) is 0 Å². The monoisotopic (exact) mass is 396 g/mol. The van der Waals surface area contributed by atoms with Crippen molar-refractivity contribution in [3.8, 4) is 0 Å². The van der Waals surface area contributed by atoms with E-state index in [1.807, 2.05) is 30.4 Å². The summed E-state index contributed by atoms with van der Waals surface area (Å²) in [6.45, 7) is 2.20. The van der Waals surface area contributed by atoms with E-state index in [0.717, 1.165) is 9.87 Å². The van der Waals surface area contributed by atoms with Gasteiger partial charge in [-0.2, -0.15) is 0 Å². The first kappa shape index (κ1) is 20.4. The van der Waals surface area contributed by atoms with Gasteiger partial charge in [0.1, 0.15) is 6.04 Å². The highest BCUT2D eigenvalue weighted by atomic mass is 35.5. The molecule has 3 N–H and O–H groups in total. The molecular weight excluding hydrogens is 374 g/mol. The summed E-state index contributed by atoms with van der Waals surface area (Å²) in [7, 11) is -0.609. The lowest BCUT2D eigenvalue weighted by atomic mass is 10.1. The maximum Gasteiger partial charge on any atom is 0.279 e. The molecule has 1 amide bonds. The molecule has 140 valence electrons. The molecule has 0 aliphatic rings. The van der Waals surface area contributed by atoms with Gasteiger partial charge in [-0.1, -0.05) is 29.8 Å². The number of nitrogens with one attached hydrogen (secondary N) is 1. The molecule has 0 aromatic heterocycles. The second-order valence-corrected chi connectivity index (χ2v) is 8.74. The van der Waals surface area contributed by atoms with Gasteiger partial charge < -0.3 is 10.6 Å². The van der Waals surface area contributed by atoms with Crippen LogP contribution in [-0.2, 0) is 14.8 Å². The van der Waals surface area contributed by atoms with Crippen molar-refractivity contribution in [3.63, 3.8) is 0 Å². The molecule has 0 spiro atoms. The highest BCUT2D eigenvalue weighted by Crippen LogP contribution is 2.18. The summed E-state index contributed by atoms with van der Waals surface area (Å²) in [4.78, 5) is 12.3. The molecule has 0 saturated heterocycles. The highest BCUT2D eigenvalue weighted by molar-refractivity contribution is 7.89. The van der Waals surface area contributed by atoms with Crippen LogP contribution in [0.2, 0.25) is 5.02 Å². The minimum atomic E-state index is -3.54. The number of carbonyl (C=O) groups excluding carboxylic acids is 1. The van der Waals surface area contributed by atoms with E-state index in [2.05, 4.69) is 5.32 Å². The average Bonchev–Trinajstić information content (AvgIpc) is 2.59. The molecule has 1 atom stereocenters. The van der Waals surface area contributed by atoms with Crippen LogP contribution in [0, 0.1) is 0 Å². The molecule has 2 aromatic carbocycles. The number of sulfonamides is 1. The Morgan fingerprint density at radius 3 is 2.54 bits per heavy atom. The number of rotatable bonds is 7. The summed E-state index contributed by atoms with van der Waals surface area (Å²) >= 11 is 5.99. The fourth-order valence-corrected chi connectivity index (χ4v) is 3.51. The van der Waals surface area contributed by atoms with Gasteiger partial charge in [0.15, 0.2) is 6.54 Å². The van der Waals surface area contributed by atoms with Crippen LogP contribution < -0.4 is 10.6 Å². The highest BCUT2D eigenvalue weighted by Gasteiger charge is 2.18. The van der Waals surface area contributed by atoms with Gasteiger partial charge in [-0.05, 0) is 37.3 Å². The summed E-state index contributed by atoms with van der Waals surface area (Å²) in [5, 5.41) is 5.28. The average molecular weight is 397 g/mol. The first-order chi connectivity index (χ1) is 12.2. The second kappa shape index (κ2) is 8.64. The summed E-state index contributed by atoms with van der Waals surface area (Å²) in [5.74, 6) is -0.210. The van der Waals surface area contributed by atoms with Crippen LogP contribution in [-0.4, -0.2) is 39.3 Å². The zero-order valence-electron chi connectivity index (χ0n) is 14.9. The van der Waals surface area contributed by atoms with Crippen LogP contribution in [0.25, 0.3) is 0 Å². The molecule has 0 saturated carbocycles. The van der Waals surface area contributed by atoms with E-state index in [1.165, 1.54) is 26.2 Å². The molecule has 0 unspecified atom stereocenters. The number of anilines is 1. The van der Waals surface area contributed by atoms with Gasteiger partial charge in [0.2, 0.25) is 10.0 Å². The molecule has 0 aliphatic carbocycles. The lowest BCUT2D eigenvalue weighted by Gasteiger charge is -2.13. The second-order valence-electron chi connectivity index (χ2n) is 6.15. The molecule has 8 heteroatoms. The molecule has 0 fully saturated rings. The topological polar surface area (TPSA) is 83.1 Å². The minimum absolute atomic E-state index is 0.0694. The van der Waals surface area contributed by atoms with Gasteiger partial charge >= 0.3 is 0 Å². The maximum absolute atomic E-state index is 12.2. The van der Waals surface area contributed by atoms with Crippen LogP contribution in [0.4, 0.5) is 5.69 Å². The number of hydrogen-bond acceptors (Lipinski definition) is 3. The quantitative estimate of drug-likeness (QED) is 0.749. The fourth-order valence-electron chi connectivity index (χ4n) is 2.37. The minimum Gasteiger partial charge on any atom is -0.333 e. The van der Waals surface area contributed by atoms with E-state index < -0.39 is 10.0 Å². The van der Waals surface area contributed by atoms with Crippen LogP contribution in [0.5, 0.6) is 0 Å². The molecule has 0 heterocycles. The number of carbonyl (C=O) groups is 1. The molecule has 2 rings (SSSR count). The van der Waals surface area contributed by atoms with E-state index in [9.17, 15) is 13.2 Å². The van der Waals surface area contributed by atoms with Crippen LogP contribution in [0.1, 0.15) is 18.5 Å². The number of benzene rings is 2. The van der Waals surface area contributed by atoms with Gasteiger partial charge in [-0.25, -0.2) is 12.7 Å². The summed E-state index contributed by atoms with van der Waals surface area (Å²) in [5.41, 5.74) is 1.48. The van der Waals surface area contributed by atoms with Crippen molar-refractivity contribution in [3.05, 3.63) is 59.1 Å². The standard InChI is InChI=1S/C18H22ClN3O3S/c1-13(14-6-4-7-15(19)10-14)20-12-18(23)21-16-8-5-9-17(11-16)26(24,25)22(2)3/h4-11,13,20H,12H2,1-3H3,(H,21,23)/p+1/t13-/m1/s1. The SMILES string of the molecule is C[C@@H]([NH2+]CC(=O)Nc1cccc(S(=O)(=O)N(C)C)c1)c1cccc(Cl)c1. The van der Waals surface area contributed by atoms with Gasteiger partial charge in [0, 0.05) is 30.4 Å². The van der Waals surface area contributed by atoms with Crippen LogP contribution in [0.15, 0.2) is 53.4 Å². The van der Waals surface area contributed by atoms with Gasteiger partial charge in [-0.15, -0.1) is 0 Å². The molecular formula is C18H23ClN3O3S+. The van der Waals surface area contributed by atoms with E-state index >= 15 is 0 Å². The lowest BCUT2D eigenvalue weighted by molar-refractivity contribution is -0.682. The Morgan fingerprint density at radius 1 is 1.19 bits per heavy atom. The van der Waals surface area contributed by atoms with Crippen molar-refractivity contribution >= 4 is 33.2 Å². The Morgan fingerprint density at radius 2 is 1.88 bits per heavy atom. The zero-order chi connectivity index (χ0) is 19.3. The molecule has 0 aliphatic heterocycles. The molecule has 2 aromatic rings. The van der Waals surface area contributed by atoms with Gasteiger partial charge in [0.25, 0.3) is 5.91 Å². The molecule has 6 nitrogen and oxygen atoms in total. The third kappa shape index (κ3) is 5.28. The third-order valence-electron chi connectivity index (χ3n) is 3.93. The number of nitrogens with two attached hydrogens (primary N) is 1. The smallest absolute Gasteiger partial charge is 0.279 e. The van der Waals surface area contributed by atoms with Gasteiger partial charge in [0.05, 0.1) is 4.90 Å². The Balaban J connectivity index is 1.98. The van der Waals surface area contributed by atoms with Crippen molar-refractivity contribution in [2.45, 2.75) is 17.9 Å². The Labute approximate surface area is 159 Å². The molecule has 0 bridgehead atoms. The summed E-state index contributed by atoms with van der Waals surface area (Å²) < 4.78 is 25.5. The Bertz CT molecular complexity index is 885. The largest absolute Gasteiger partial charge is 0.333 e. The van der Waals surface area contributed by atoms with E-state index in [1.54, 1.807) is 18.2 Å². The number of amides is 1. The zero-order valence-corrected chi connectivity index (χ0v) is 16.5. The number of halogens is 1. The normalized spacial score (nSPS) is 12.8.